The summed E-state index contributed by atoms with van der Waals surface area (Å²) in [6, 6.07) is 10.2. The van der Waals surface area contributed by atoms with Gasteiger partial charge in [-0.05, 0) is 42.5 Å². The fourth-order valence-electron chi connectivity index (χ4n) is 2.76. The van der Waals surface area contributed by atoms with Crippen LogP contribution >= 0.6 is 27.5 Å². The highest BCUT2D eigenvalue weighted by atomic mass is 79.9. The van der Waals surface area contributed by atoms with E-state index in [4.69, 9.17) is 16.3 Å². The fourth-order valence-corrected chi connectivity index (χ4v) is 4.64. The summed E-state index contributed by atoms with van der Waals surface area (Å²) in [6.07, 6.45) is 0. The average molecular weight is 492 g/mol. The molecule has 0 atom stereocenters. The molecule has 1 amide bonds. The second kappa shape index (κ2) is 8.77. The predicted octanol–water partition coefficient (Wildman–Crippen LogP) is 3.15. The van der Waals surface area contributed by atoms with Gasteiger partial charge >= 0.3 is 0 Å². The molecule has 0 bridgehead atoms. The van der Waals surface area contributed by atoms with Crippen molar-refractivity contribution in [2.24, 2.45) is 0 Å². The molecule has 1 heterocycles. The van der Waals surface area contributed by atoms with Crippen molar-refractivity contribution >= 4 is 43.5 Å². The van der Waals surface area contributed by atoms with Gasteiger partial charge in [0.15, 0.2) is 18.2 Å². The molecule has 0 saturated carbocycles. The van der Waals surface area contributed by atoms with E-state index < -0.39 is 15.8 Å². The van der Waals surface area contributed by atoms with E-state index in [0.29, 0.717) is 9.50 Å². The van der Waals surface area contributed by atoms with Crippen LogP contribution in [0.25, 0.3) is 0 Å². The summed E-state index contributed by atoms with van der Waals surface area (Å²) < 4.78 is 46.2. The van der Waals surface area contributed by atoms with Gasteiger partial charge in [-0.25, -0.2) is 12.8 Å². The minimum atomic E-state index is -3.64. The zero-order chi connectivity index (χ0) is 20.3. The van der Waals surface area contributed by atoms with Crippen LogP contribution in [0.4, 0.5) is 4.39 Å². The van der Waals surface area contributed by atoms with Crippen molar-refractivity contribution in [3.05, 3.63) is 57.8 Å². The summed E-state index contributed by atoms with van der Waals surface area (Å²) in [5.41, 5.74) is 0. The first-order valence-corrected chi connectivity index (χ1v) is 11.0. The van der Waals surface area contributed by atoms with E-state index in [0.717, 1.165) is 0 Å². The van der Waals surface area contributed by atoms with Crippen LogP contribution in [0.2, 0.25) is 5.02 Å². The van der Waals surface area contributed by atoms with Gasteiger partial charge in [-0.3, -0.25) is 4.79 Å². The molecule has 2 aromatic rings. The lowest BCUT2D eigenvalue weighted by atomic mass is 10.3. The smallest absolute Gasteiger partial charge is 0.260 e. The first kappa shape index (κ1) is 21.0. The third kappa shape index (κ3) is 4.83. The Balaban J connectivity index is 1.55. The SMILES string of the molecule is O=C(COc1ccc(Br)cc1F)N1CCN(S(=O)(=O)c2ccc(Cl)cc2)CC1. The number of rotatable bonds is 5. The van der Waals surface area contributed by atoms with E-state index >= 15 is 0 Å². The van der Waals surface area contributed by atoms with Crippen molar-refractivity contribution in [3.63, 3.8) is 0 Å². The average Bonchev–Trinajstić information content (AvgIpc) is 2.67. The molecule has 10 heteroatoms. The van der Waals surface area contributed by atoms with Crippen molar-refractivity contribution in [2.75, 3.05) is 32.8 Å². The molecule has 0 aliphatic carbocycles. The maximum absolute atomic E-state index is 13.8. The third-order valence-corrected chi connectivity index (χ3v) is 6.95. The van der Waals surface area contributed by atoms with Gasteiger partial charge in [0.2, 0.25) is 10.0 Å². The number of nitrogens with zero attached hydrogens (tertiary/aromatic N) is 2. The summed E-state index contributed by atoms with van der Waals surface area (Å²) in [5.74, 6) is -0.910. The second-order valence-electron chi connectivity index (χ2n) is 6.10. The highest BCUT2D eigenvalue weighted by Gasteiger charge is 2.30. The summed E-state index contributed by atoms with van der Waals surface area (Å²) in [4.78, 5) is 14.0. The summed E-state index contributed by atoms with van der Waals surface area (Å²) in [6.45, 7) is 0.491. The molecule has 1 saturated heterocycles. The van der Waals surface area contributed by atoms with Gasteiger partial charge in [0.05, 0.1) is 4.90 Å². The lowest BCUT2D eigenvalue weighted by Crippen LogP contribution is -2.51. The Morgan fingerprint density at radius 3 is 2.36 bits per heavy atom. The van der Waals surface area contributed by atoms with Crippen LogP contribution in [0.5, 0.6) is 5.75 Å². The molecule has 2 aromatic carbocycles. The molecule has 0 unspecified atom stereocenters. The van der Waals surface area contributed by atoms with Gasteiger partial charge in [0.25, 0.3) is 5.91 Å². The van der Waals surface area contributed by atoms with Crippen molar-refractivity contribution in [3.8, 4) is 5.75 Å². The highest BCUT2D eigenvalue weighted by molar-refractivity contribution is 9.10. The number of halogens is 3. The maximum Gasteiger partial charge on any atom is 0.260 e. The van der Waals surface area contributed by atoms with Crippen LogP contribution in [0.15, 0.2) is 51.8 Å². The van der Waals surface area contributed by atoms with Crippen LogP contribution in [0, 0.1) is 5.82 Å². The summed E-state index contributed by atoms with van der Waals surface area (Å²) >= 11 is 8.95. The Bertz CT molecular complexity index is 964. The number of sulfonamides is 1. The topological polar surface area (TPSA) is 66.9 Å². The molecular formula is C18H17BrClFN2O4S. The van der Waals surface area contributed by atoms with Crippen LogP contribution in [-0.2, 0) is 14.8 Å². The van der Waals surface area contributed by atoms with E-state index in [1.165, 1.54) is 45.6 Å². The Morgan fingerprint density at radius 1 is 1.11 bits per heavy atom. The van der Waals surface area contributed by atoms with E-state index in [2.05, 4.69) is 15.9 Å². The molecule has 150 valence electrons. The van der Waals surface area contributed by atoms with Gasteiger partial charge in [-0.15, -0.1) is 0 Å². The molecule has 1 aliphatic rings. The third-order valence-electron chi connectivity index (χ3n) is 4.29. The molecule has 0 radical (unpaired) electrons. The molecule has 0 aromatic heterocycles. The molecule has 3 rings (SSSR count). The normalized spacial score (nSPS) is 15.5. The van der Waals surface area contributed by atoms with Crippen LogP contribution in [-0.4, -0.2) is 56.3 Å². The number of ether oxygens (including phenoxy) is 1. The predicted molar refractivity (Wildman–Crippen MR) is 106 cm³/mol. The van der Waals surface area contributed by atoms with Crippen LogP contribution in [0.3, 0.4) is 0 Å². The molecular weight excluding hydrogens is 475 g/mol. The maximum atomic E-state index is 13.8. The quantitative estimate of drug-likeness (QED) is 0.644. The number of piperazine rings is 1. The minimum absolute atomic E-state index is 0.0134. The molecule has 0 spiro atoms. The van der Waals surface area contributed by atoms with Crippen molar-refractivity contribution in [2.45, 2.75) is 4.90 Å². The molecule has 1 fully saturated rings. The van der Waals surface area contributed by atoms with E-state index in [1.807, 2.05) is 0 Å². The standard InChI is InChI=1S/C18H17BrClFN2O4S/c19-13-1-6-17(16(21)11-13)27-12-18(24)22-7-9-23(10-8-22)28(25,26)15-4-2-14(20)3-5-15/h1-6,11H,7-10,12H2. The Labute approximate surface area is 176 Å². The van der Waals surface area contributed by atoms with Gasteiger partial charge in [0, 0.05) is 35.7 Å². The van der Waals surface area contributed by atoms with Gasteiger partial charge in [-0.1, -0.05) is 27.5 Å². The zero-order valence-corrected chi connectivity index (χ0v) is 17.8. The van der Waals surface area contributed by atoms with Gasteiger partial charge in [-0.2, -0.15) is 4.31 Å². The van der Waals surface area contributed by atoms with Crippen molar-refractivity contribution < 1.29 is 22.3 Å². The number of hydrogen-bond acceptors (Lipinski definition) is 4. The monoisotopic (exact) mass is 490 g/mol. The number of carbonyl (C=O) groups excluding carboxylic acids is 1. The molecule has 28 heavy (non-hydrogen) atoms. The Morgan fingerprint density at radius 2 is 1.75 bits per heavy atom. The zero-order valence-electron chi connectivity index (χ0n) is 14.6. The van der Waals surface area contributed by atoms with Crippen LogP contribution < -0.4 is 4.74 Å². The molecule has 0 N–H and O–H groups in total. The largest absolute Gasteiger partial charge is 0.481 e. The highest BCUT2D eigenvalue weighted by Crippen LogP contribution is 2.22. The van der Waals surface area contributed by atoms with E-state index in [-0.39, 0.29) is 49.3 Å². The summed E-state index contributed by atoms with van der Waals surface area (Å²) in [5, 5.41) is 0.455. The molecule has 1 aliphatic heterocycles. The Kier molecular flexibility index (Phi) is 6.59. The number of benzene rings is 2. The minimum Gasteiger partial charge on any atom is -0.481 e. The van der Waals surface area contributed by atoms with E-state index in [9.17, 15) is 17.6 Å². The van der Waals surface area contributed by atoms with Crippen molar-refractivity contribution in [1.82, 2.24) is 9.21 Å². The Hall–Kier alpha value is -1.68. The number of amides is 1. The van der Waals surface area contributed by atoms with E-state index in [1.54, 1.807) is 6.07 Å². The van der Waals surface area contributed by atoms with Crippen LogP contribution in [0.1, 0.15) is 0 Å². The van der Waals surface area contributed by atoms with Crippen molar-refractivity contribution in [1.29, 1.82) is 0 Å². The molecule has 6 nitrogen and oxygen atoms in total. The number of carbonyl (C=O) groups is 1. The summed E-state index contributed by atoms with van der Waals surface area (Å²) in [7, 11) is -3.64. The first-order chi connectivity index (χ1) is 13.3. The lowest BCUT2D eigenvalue weighted by molar-refractivity contribution is -0.134. The lowest BCUT2D eigenvalue weighted by Gasteiger charge is -2.34. The van der Waals surface area contributed by atoms with Gasteiger partial charge < -0.3 is 9.64 Å². The fraction of sp³-hybridized carbons (Fsp3) is 0.278. The number of hydrogen-bond donors (Lipinski definition) is 0. The second-order valence-corrected chi connectivity index (χ2v) is 9.39. The first-order valence-electron chi connectivity index (χ1n) is 8.39. The van der Waals surface area contributed by atoms with Gasteiger partial charge in [0.1, 0.15) is 0 Å².